The lowest BCUT2D eigenvalue weighted by Gasteiger charge is -2.15. The van der Waals surface area contributed by atoms with Crippen molar-refractivity contribution < 1.29 is 28.3 Å². The predicted octanol–water partition coefficient (Wildman–Crippen LogP) is 5.08. The smallest absolute Gasteiger partial charge is 0.338 e. The quantitative estimate of drug-likeness (QED) is 0.316. The molecule has 3 aromatic carbocycles. The van der Waals surface area contributed by atoms with E-state index in [1.807, 2.05) is 6.92 Å². The van der Waals surface area contributed by atoms with E-state index < -0.39 is 29.5 Å². The second kappa shape index (κ2) is 11.0. The topological polar surface area (TPSA) is 105 Å². The number of benzene rings is 3. The lowest BCUT2D eigenvalue weighted by atomic mass is 10.1. The van der Waals surface area contributed by atoms with Crippen LogP contribution in [0, 0.1) is 5.82 Å². The average Bonchev–Trinajstić information content (AvgIpc) is 3.11. The zero-order valence-corrected chi connectivity index (χ0v) is 20.3. The summed E-state index contributed by atoms with van der Waals surface area (Å²) >= 11 is 6.14. The summed E-state index contributed by atoms with van der Waals surface area (Å²) < 4.78 is 18.3. The zero-order valence-electron chi connectivity index (χ0n) is 19.6. The number of anilines is 3. The van der Waals surface area contributed by atoms with Crippen LogP contribution >= 0.6 is 11.6 Å². The van der Waals surface area contributed by atoms with Crippen LogP contribution in [0.1, 0.15) is 34.1 Å². The van der Waals surface area contributed by atoms with Gasteiger partial charge < -0.3 is 15.4 Å². The summed E-state index contributed by atoms with van der Waals surface area (Å²) in [6.45, 7) is 2.23. The van der Waals surface area contributed by atoms with E-state index in [1.165, 1.54) is 18.2 Å². The van der Waals surface area contributed by atoms with Crippen molar-refractivity contribution in [2.75, 3.05) is 22.1 Å². The molecular formula is C27H21ClFN3O5. The number of esters is 1. The normalized spacial score (nSPS) is 13.1. The Labute approximate surface area is 216 Å². The van der Waals surface area contributed by atoms with Crippen LogP contribution in [0.25, 0.3) is 0 Å². The van der Waals surface area contributed by atoms with Gasteiger partial charge in [-0.1, -0.05) is 24.6 Å². The molecule has 4 rings (SSSR count). The molecule has 10 heteroatoms. The molecule has 8 nitrogen and oxygen atoms in total. The highest BCUT2D eigenvalue weighted by Gasteiger charge is 2.39. The summed E-state index contributed by atoms with van der Waals surface area (Å²) in [6, 6.07) is 17.4. The number of hydrogen-bond acceptors (Lipinski definition) is 6. The third-order valence-electron chi connectivity index (χ3n) is 5.32. The van der Waals surface area contributed by atoms with Gasteiger partial charge in [-0.3, -0.25) is 14.4 Å². The molecule has 1 aliphatic heterocycles. The Kier molecular flexibility index (Phi) is 7.64. The first-order chi connectivity index (χ1) is 17.8. The highest BCUT2D eigenvalue weighted by atomic mass is 35.5. The predicted molar refractivity (Wildman–Crippen MR) is 137 cm³/mol. The summed E-state index contributed by atoms with van der Waals surface area (Å²) in [5.41, 5.74) is 1.45. The van der Waals surface area contributed by atoms with Gasteiger partial charge in [-0.25, -0.2) is 14.1 Å². The Morgan fingerprint density at radius 1 is 0.919 bits per heavy atom. The Morgan fingerprint density at radius 2 is 1.62 bits per heavy atom. The maximum Gasteiger partial charge on any atom is 0.338 e. The summed E-state index contributed by atoms with van der Waals surface area (Å²) in [6.07, 6.45) is 0.717. The number of nitrogens with one attached hydrogen (secondary N) is 2. The van der Waals surface area contributed by atoms with Gasteiger partial charge >= 0.3 is 5.97 Å². The van der Waals surface area contributed by atoms with Crippen molar-refractivity contribution in [3.8, 4) is 0 Å². The van der Waals surface area contributed by atoms with Gasteiger partial charge in [-0.05, 0) is 73.2 Å². The van der Waals surface area contributed by atoms with Crippen LogP contribution in [0.4, 0.5) is 21.5 Å². The first kappa shape index (κ1) is 25.6. The van der Waals surface area contributed by atoms with E-state index in [-0.39, 0.29) is 22.0 Å². The van der Waals surface area contributed by atoms with Crippen LogP contribution in [0.5, 0.6) is 0 Å². The van der Waals surface area contributed by atoms with E-state index in [0.717, 1.165) is 17.0 Å². The highest BCUT2D eigenvalue weighted by molar-refractivity contribution is 6.53. The van der Waals surface area contributed by atoms with Crippen LogP contribution < -0.4 is 15.5 Å². The molecule has 0 atom stereocenters. The van der Waals surface area contributed by atoms with E-state index in [0.29, 0.717) is 30.0 Å². The Hall–Kier alpha value is -4.50. The molecular weight excluding hydrogens is 501 g/mol. The van der Waals surface area contributed by atoms with Gasteiger partial charge in [-0.2, -0.15) is 0 Å². The number of rotatable bonds is 8. The van der Waals surface area contributed by atoms with Crippen molar-refractivity contribution in [3.05, 3.63) is 100 Å². The monoisotopic (exact) mass is 521 g/mol. The van der Waals surface area contributed by atoms with Gasteiger partial charge in [0.15, 0.2) is 0 Å². The van der Waals surface area contributed by atoms with E-state index in [1.54, 1.807) is 42.5 Å². The minimum atomic E-state index is -0.753. The van der Waals surface area contributed by atoms with Crippen molar-refractivity contribution >= 4 is 52.4 Å². The SMILES string of the molecule is CCCOC(=O)c1ccc(NC(=O)c2cccc(NC3=C(Cl)C(=O)N(c4ccc(F)cc4)C3=O)c2)cc1. The second-order valence-electron chi connectivity index (χ2n) is 7.98. The lowest BCUT2D eigenvalue weighted by molar-refractivity contribution is -0.120. The molecule has 0 saturated heterocycles. The first-order valence-corrected chi connectivity index (χ1v) is 11.7. The number of imide groups is 1. The first-order valence-electron chi connectivity index (χ1n) is 11.3. The molecule has 2 N–H and O–H groups in total. The van der Waals surface area contributed by atoms with E-state index in [2.05, 4.69) is 10.6 Å². The van der Waals surface area contributed by atoms with E-state index in [4.69, 9.17) is 16.3 Å². The van der Waals surface area contributed by atoms with Crippen LogP contribution in [0.2, 0.25) is 0 Å². The van der Waals surface area contributed by atoms with Crippen LogP contribution in [-0.2, 0) is 14.3 Å². The maximum absolute atomic E-state index is 13.3. The number of carbonyl (C=O) groups is 4. The molecule has 0 radical (unpaired) electrons. The highest BCUT2D eigenvalue weighted by Crippen LogP contribution is 2.30. The molecule has 0 spiro atoms. The largest absolute Gasteiger partial charge is 0.462 e. The Bertz CT molecular complexity index is 1400. The lowest BCUT2D eigenvalue weighted by Crippen LogP contribution is -2.32. The van der Waals surface area contributed by atoms with E-state index >= 15 is 0 Å². The molecule has 3 aromatic rings. The van der Waals surface area contributed by atoms with Crippen LogP contribution in [0.15, 0.2) is 83.5 Å². The number of halogens is 2. The number of amides is 3. The third kappa shape index (κ3) is 5.68. The molecule has 3 amide bonds. The van der Waals surface area contributed by atoms with E-state index in [9.17, 15) is 23.6 Å². The molecule has 0 aliphatic carbocycles. The Morgan fingerprint density at radius 3 is 2.30 bits per heavy atom. The van der Waals surface area contributed by atoms with Crippen molar-refractivity contribution in [2.24, 2.45) is 0 Å². The average molecular weight is 522 g/mol. The van der Waals surface area contributed by atoms with Gasteiger partial charge in [0.25, 0.3) is 17.7 Å². The summed E-state index contributed by atoms with van der Waals surface area (Å²) in [7, 11) is 0. The molecule has 0 fully saturated rings. The van der Waals surface area contributed by atoms with Crippen LogP contribution in [-0.4, -0.2) is 30.3 Å². The third-order valence-corrected chi connectivity index (χ3v) is 5.67. The standard InChI is InChI=1S/C27H21ClFN3O5/c1-2-14-37-27(36)16-6-10-19(11-7-16)31-24(33)17-4-3-5-20(15-17)30-23-22(28)25(34)32(26(23)35)21-12-8-18(29)9-13-21/h3-13,15,30H,2,14H2,1H3,(H,31,33). The number of nitrogens with zero attached hydrogens (tertiary/aromatic N) is 1. The van der Waals surface area contributed by atoms with Crippen molar-refractivity contribution in [2.45, 2.75) is 13.3 Å². The molecule has 0 bridgehead atoms. The summed E-state index contributed by atoms with van der Waals surface area (Å²) in [5.74, 6) is -2.86. The van der Waals surface area contributed by atoms with Crippen LogP contribution in [0.3, 0.4) is 0 Å². The minimum absolute atomic E-state index is 0.168. The van der Waals surface area contributed by atoms with Crippen molar-refractivity contribution in [3.63, 3.8) is 0 Å². The number of carbonyl (C=O) groups excluding carboxylic acids is 4. The van der Waals surface area contributed by atoms with Crippen molar-refractivity contribution in [1.82, 2.24) is 0 Å². The maximum atomic E-state index is 13.3. The van der Waals surface area contributed by atoms with Gasteiger partial charge in [-0.15, -0.1) is 0 Å². The fraction of sp³-hybridized carbons (Fsp3) is 0.111. The summed E-state index contributed by atoms with van der Waals surface area (Å²) in [4.78, 5) is 51.0. The number of hydrogen-bond donors (Lipinski definition) is 2. The minimum Gasteiger partial charge on any atom is -0.462 e. The van der Waals surface area contributed by atoms with Crippen molar-refractivity contribution in [1.29, 1.82) is 0 Å². The molecule has 188 valence electrons. The fourth-order valence-corrected chi connectivity index (χ4v) is 3.70. The van der Waals surface area contributed by atoms with Gasteiger partial charge in [0.2, 0.25) is 0 Å². The molecule has 1 aliphatic rings. The van der Waals surface area contributed by atoms with Gasteiger partial charge in [0.05, 0.1) is 17.9 Å². The Balaban J connectivity index is 1.45. The van der Waals surface area contributed by atoms with Gasteiger partial charge in [0.1, 0.15) is 16.5 Å². The summed E-state index contributed by atoms with van der Waals surface area (Å²) in [5, 5.41) is 5.21. The molecule has 0 unspecified atom stereocenters. The molecule has 1 heterocycles. The molecule has 37 heavy (non-hydrogen) atoms. The second-order valence-corrected chi connectivity index (χ2v) is 8.36. The molecule has 0 aromatic heterocycles. The molecule has 0 saturated carbocycles. The fourth-order valence-electron chi connectivity index (χ4n) is 3.49. The number of ether oxygens (including phenoxy) is 1. The zero-order chi connectivity index (χ0) is 26.5. The van der Waals surface area contributed by atoms with Gasteiger partial charge in [0, 0.05) is 16.9 Å².